The zero-order chi connectivity index (χ0) is 16.4. The van der Waals surface area contributed by atoms with E-state index >= 15 is 0 Å². The van der Waals surface area contributed by atoms with Gasteiger partial charge in [0.25, 0.3) is 0 Å². The standard InChI is InChI=1S/C21H23FN/c1-5-14-9-10-23-12-21(4,6-2)16-7-8-17(22)15-11-13(3)18(14)20(23)19(15)16/h5,7-10H,6,11-12H2,1-4H3/q+1. The predicted molar refractivity (Wildman–Crippen MR) is 91.8 cm³/mol. The van der Waals surface area contributed by atoms with Gasteiger partial charge in [0, 0.05) is 11.6 Å². The van der Waals surface area contributed by atoms with Crippen LogP contribution >= 0.6 is 0 Å². The van der Waals surface area contributed by atoms with Gasteiger partial charge in [-0.1, -0.05) is 24.6 Å². The second-order valence-corrected chi connectivity index (χ2v) is 7.23. The SMILES string of the molecule is CC=c1cc[n+]2c3c1=C(C)Cc1c(F)ccc(c1-3)C(C)(CC)C2. The lowest BCUT2D eigenvalue weighted by Crippen LogP contribution is -2.56. The van der Waals surface area contributed by atoms with E-state index in [-0.39, 0.29) is 11.2 Å². The highest BCUT2D eigenvalue weighted by molar-refractivity contribution is 5.76. The highest BCUT2D eigenvalue weighted by Crippen LogP contribution is 2.42. The summed E-state index contributed by atoms with van der Waals surface area (Å²) in [4.78, 5) is 0. The number of hydrogen-bond donors (Lipinski definition) is 0. The fourth-order valence-corrected chi connectivity index (χ4v) is 4.38. The van der Waals surface area contributed by atoms with Crippen molar-refractivity contribution in [2.24, 2.45) is 0 Å². The van der Waals surface area contributed by atoms with E-state index in [1.807, 2.05) is 6.07 Å². The van der Waals surface area contributed by atoms with Crippen molar-refractivity contribution in [1.82, 2.24) is 0 Å². The molecule has 2 aliphatic rings. The van der Waals surface area contributed by atoms with Crippen molar-refractivity contribution in [3.05, 3.63) is 51.8 Å². The average Bonchev–Trinajstić information content (AvgIpc) is 2.55. The summed E-state index contributed by atoms with van der Waals surface area (Å²) in [5, 5.41) is 2.57. The molecule has 1 nitrogen and oxygen atoms in total. The largest absolute Gasteiger partial charge is 0.221 e. The van der Waals surface area contributed by atoms with E-state index < -0.39 is 0 Å². The summed E-state index contributed by atoms with van der Waals surface area (Å²) in [5.74, 6) is -0.0634. The Morgan fingerprint density at radius 2 is 2.09 bits per heavy atom. The van der Waals surface area contributed by atoms with Crippen molar-refractivity contribution in [1.29, 1.82) is 0 Å². The van der Waals surface area contributed by atoms with E-state index in [1.54, 1.807) is 6.07 Å². The number of rotatable bonds is 1. The molecule has 0 saturated carbocycles. The number of halogens is 1. The third-order valence-electron chi connectivity index (χ3n) is 5.87. The molecule has 23 heavy (non-hydrogen) atoms. The van der Waals surface area contributed by atoms with Crippen LogP contribution < -0.4 is 15.0 Å². The van der Waals surface area contributed by atoms with Gasteiger partial charge in [-0.25, -0.2) is 4.39 Å². The Kier molecular flexibility index (Phi) is 3.03. The molecule has 2 heterocycles. The van der Waals surface area contributed by atoms with E-state index in [4.69, 9.17) is 0 Å². The molecule has 0 radical (unpaired) electrons. The summed E-state index contributed by atoms with van der Waals surface area (Å²) in [7, 11) is 0. The maximum Gasteiger partial charge on any atom is 0.221 e. The van der Waals surface area contributed by atoms with Crippen LogP contribution in [0.4, 0.5) is 4.39 Å². The summed E-state index contributed by atoms with van der Waals surface area (Å²) in [6.45, 7) is 9.72. The Balaban J connectivity index is 2.25. The van der Waals surface area contributed by atoms with Crippen LogP contribution in [-0.4, -0.2) is 0 Å². The van der Waals surface area contributed by atoms with Crippen LogP contribution in [0.15, 0.2) is 24.4 Å². The number of pyridine rings is 1. The Bertz CT molecular complexity index is 955. The molecule has 118 valence electrons. The van der Waals surface area contributed by atoms with Crippen LogP contribution in [0.1, 0.15) is 45.2 Å². The lowest BCUT2D eigenvalue weighted by Gasteiger charge is -2.35. The molecule has 0 N–H and O–H groups in total. The van der Waals surface area contributed by atoms with Gasteiger partial charge in [0.15, 0.2) is 12.7 Å². The van der Waals surface area contributed by atoms with Gasteiger partial charge < -0.3 is 0 Å². The van der Waals surface area contributed by atoms with Crippen LogP contribution in [0.25, 0.3) is 22.9 Å². The van der Waals surface area contributed by atoms with Gasteiger partial charge in [0.05, 0.1) is 16.2 Å². The second-order valence-electron chi connectivity index (χ2n) is 7.23. The minimum atomic E-state index is -0.0634. The lowest BCUT2D eigenvalue weighted by molar-refractivity contribution is -0.697. The van der Waals surface area contributed by atoms with Gasteiger partial charge in [-0.2, -0.15) is 4.57 Å². The molecule has 1 aromatic heterocycles. The van der Waals surface area contributed by atoms with Crippen LogP contribution in [0.5, 0.6) is 0 Å². The van der Waals surface area contributed by atoms with Crippen molar-refractivity contribution in [3.8, 4) is 11.3 Å². The zero-order valence-electron chi connectivity index (χ0n) is 14.3. The van der Waals surface area contributed by atoms with E-state index in [1.165, 1.54) is 27.3 Å². The molecule has 1 aromatic carbocycles. The third-order valence-corrected chi connectivity index (χ3v) is 5.87. The highest BCUT2D eigenvalue weighted by atomic mass is 19.1. The zero-order valence-corrected chi connectivity index (χ0v) is 14.3. The van der Waals surface area contributed by atoms with Crippen molar-refractivity contribution < 1.29 is 8.96 Å². The first-order chi connectivity index (χ1) is 11.0. The Morgan fingerprint density at radius 1 is 1.30 bits per heavy atom. The van der Waals surface area contributed by atoms with E-state index in [2.05, 4.69) is 50.6 Å². The monoisotopic (exact) mass is 308 g/mol. The third kappa shape index (κ3) is 1.81. The smallest absolute Gasteiger partial charge is 0.207 e. The van der Waals surface area contributed by atoms with Crippen LogP contribution in [0.2, 0.25) is 0 Å². The molecule has 0 bridgehead atoms. The molecule has 4 rings (SSSR count). The van der Waals surface area contributed by atoms with E-state index in [0.717, 1.165) is 24.1 Å². The van der Waals surface area contributed by atoms with Crippen molar-refractivity contribution in [2.45, 2.75) is 52.5 Å². The summed E-state index contributed by atoms with van der Waals surface area (Å²) in [6.07, 6.45) is 6.11. The molecular weight excluding hydrogens is 285 g/mol. The minimum absolute atomic E-state index is 0.0634. The van der Waals surface area contributed by atoms with Gasteiger partial charge in [-0.3, -0.25) is 0 Å². The molecule has 0 saturated heterocycles. The Labute approximate surface area is 136 Å². The Hall–Kier alpha value is -1.96. The summed E-state index contributed by atoms with van der Waals surface area (Å²) in [5.41, 5.74) is 5.91. The topological polar surface area (TPSA) is 3.88 Å². The normalized spacial score (nSPS) is 22.3. The average molecular weight is 308 g/mol. The van der Waals surface area contributed by atoms with Gasteiger partial charge in [0.1, 0.15) is 5.82 Å². The van der Waals surface area contributed by atoms with Gasteiger partial charge in [0.2, 0.25) is 5.69 Å². The van der Waals surface area contributed by atoms with E-state index in [0.29, 0.717) is 6.42 Å². The molecular formula is C21H23FN+. The summed E-state index contributed by atoms with van der Waals surface area (Å²) >= 11 is 0. The number of hydrogen-bond acceptors (Lipinski definition) is 0. The maximum absolute atomic E-state index is 14.6. The molecule has 0 amide bonds. The van der Waals surface area contributed by atoms with Crippen molar-refractivity contribution in [2.75, 3.05) is 0 Å². The molecule has 1 aliphatic heterocycles. The first-order valence-corrected chi connectivity index (χ1v) is 8.51. The maximum atomic E-state index is 14.6. The van der Waals surface area contributed by atoms with Crippen molar-refractivity contribution >= 4 is 11.6 Å². The highest BCUT2D eigenvalue weighted by Gasteiger charge is 2.42. The fourth-order valence-electron chi connectivity index (χ4n) is 4.38. The summed E-state index contributed by atoms with van der Waals surface area (Å²) < 4.78 is 16.9. The second kappa shape index (κ2) is 4.77. The lowest BCUT2D eigenvalue weighted by atomic mass is 9.71. The molecule has 2 aromatic rings. The van der Waals surface area contributed by atoms with Gasteiger partial charge >= 0.3 is 0 Å². The van der Waals surface area contributed by atoms with Gasteiger partial charge in [-0.05, 0) is 50.5 Å². The van der Waals surface area contributed by atoms with Crippen molar-refractivity contribution in [3.63, 3.8) is 0 Å². The molecule has 0 spiro atoms. The molecule has 1 unspecified atom stereocenters. The molecule has 1 aliphatic carbocycles. The fraction of sp³-hybridized carbons (Fsp3) is 0.381. The molecule has 1 atom stereocenters. The van der Waals surface area contributed by atoms with Crippen LogP contribution in [-0.2, 0) is 18.4 Å². The predicted octanol–water partition coefficient (Wildman–Crippen LogP) is 2.99. The van der Waals surface area contributed by atoms with Gasteiger partial charge in [-0.15, -0.1) is 0 Å². The minimum Gasteiger partial charge on any atom is -0.207 e. The quantitative estimate of drug-likeness (QED) is 0.713. The number of aromatic nitrogens is 1. The summed E-state index contributed by atoms with van der Waals surface area (Å²) in [6, 6.07) is 5.90. The molecule has 2 heteroatoms. The molecule has 0 fully saturated rings. The van der Waals surface area contributed by atoms with Crippen LogP contribution in [0.3, 0.4) is 0 Å². The van der Waals surface area contributed by atoms with E-state index in [9.17, 15) is 4.39 Å². The Morgan fingerprint density at radius 3 is 2.78 bits per heavy atom. The first-order valence-electron chi connectivity index (χ1n) is 8.51. The number of benzene rings is 1. The number of nitrogens with zero attached hydrogens (tertiary/aromatic N) is 1. The van der Waals surface area contributed by atoms with Crippen LogP contribution in [0, 0.1) is 5.82 Å². The first kappa shape index (κ1) is 14.6.